The van der Waals surface area contributed by atoms with Crippen LogP contribution in [0.5, 0.6) is 0 Å². The van der Waals surface area contributed by atoms with E-state index in [1.807, 2.05) is 29.2 Å². The monoisotopic (exact) mass is 296 g/mol. The van der Waals surface area contributed by atoms with Crippen molar-refractivity contribution < 1.29 is 4.79 Å². The zero-order valence-electron chi connectivity index (χ0n) is 13.6. The van der Waals surface area contributed by atoms with Crippen LogP contribution >= 0.6 is 0 Å². The normalized spacial score (nSPS) is 31.8. The van der Waals surface area contributed by atoms with Crippen LogP contribution < -0.4 is 5.32 Å². The van der Waals surface area contributed by atoms with Gasteiger partial charge in [0.2, 0.25) is 0 Å². The molecule has 3 aliphatic carbocycles. The van der Waals surface area contributed by atoms with Crippen molar-refractivity contribution in [2.75, 3.05) is 11.9 Å². The molecule has 22 heavy (non-hydrogen) atoms. The molecule has 5 rings (SSSR count). The summed E-state index contributed by atoms with van der Waals surface area (Å²) in [7, 11) is 0. The number of hydrogen-bond acceptors (Lipinski definition) is 2. The third kappa shape index (κ3) is 1.71. The molecule has 3 heteroatoms. The first-order chi connectivity index (χ1) is 10.5. The molecule has 1 aliphatic heterocycles. The molecular formula is C19H24N2O. The van der Waals surface area contributed by atoms with Crippen LogP contribution in [0.2, 0.25) is 0 Å². The lowest BCUT2D eigenvalue weighted by Crippen LogP contribution is -2.57. The van der Waals surface area contributed by atoms with Crippen LogP contribution in [0.25, 0.3) is 0 Å². The number of fused-ring (bicyclic) bond motifs is 2. The van der Waals surface area contributed by atoms with Gasteiger partial charge in [-0.05, 0) is 54.7 Å². The van der Waals surface area contributed by atoms with E-state index in [4.69, 9.17) is 0 Å². The number of hydrogen-bond donors (Lipinski definition) is 1. The number of nitrogens with zero attached hydrogens (tertiary/aromatic N) is 1. The second kappa shape index (κ2) is 4.61. The van der Waals surface area contributed by atoms with Crippen LogP contribution in [0.4, 0.5) is 5.69 Å². The molecule has 0 aromatic heterocycles. The van der Waals surface area contributed by atoms with Gasteiger partial charge in [0.1, 0.15) is 6.17 Å². The van der Waals surface area contributed by atoms with Crippen molar-refractivity contribution in [3.05, 3.63) is 41.5 Å². The molecule has 1 N–H and O–H groups in total. The van der Waals surface area contributed by atoms with Crippen LogP contribution in [0, 0.1) is 17.3 Å². The van der Waals surface area contributed by atoms with E-state index in [2.05, 4.69) is 32.2 Å². The van der Waals surface area contributed by atoms with E-state index in [9.17, 15) is 4.79 Å². The number of benzene rings is 1. The third-order valence-corrected chi connectivity index (χ3v) is 6.19. The molecule has 1 saturated carbocycles. The van der Waals surface area contributed by atoms with E-state index in [0.29, 0.717) is 11.3 Å². The number of allylic oxidation sites excluding steroid dienone is 1. The van der Waals surface area contributed by atoms with Crippen LogP contribution in [0.1, 0.15) is 44.0 Å². The van der Waals surface area contributed by atoms with Gasteiger partial charge in [-0.3, -0.25) is 4.79 Å². The minimum absolute atomic E-state index is 0.0259. The lowest BCUT2D eigenvalue weighted by atomic mass is 9.48. The second-order valence-electron chi connectivity index (χ2n) is 7.43. The zero-order chi connectivity index (χ0) is 15.5. The van der Waals surface area contributed by atoms with E-state index >= 15 is 0 Å². The highest BCUT2D eigenvalue weighted by Crippen LogP contribution is 2.60. The summed E-state index contributed by atoms with van der Waals surface area (Å²) in [6, 6.07) is 7.87. The number of nitrogens with one attached hydrogen (secondary N) is 1. The lowest BCUT2D eigenvalue weighted by molar-refractivity contribution is -0.0148. The van der Waals surface area contributed by atoms with Gasteiger partial charge in [0.15, 0.2) is 0 Å². The molecule has 0 saturated heterocycles. The Hall–Kier alpha value is -1.77. The van der Waals surface area contributed by atoms with Gasteiger partial charge in [-0.1, -0.05) is 32.1 Å². The fraction of sp³-hybridized carbons (Fsp3) is 0.526. The number of para-hydroxylation sites is 1. The predicted molar refractivity (Wildman–Crippen MR) is 88.6 cm³/mol. The van der Waals surface area contributed by atoms with E-state index in [1.165, 1.54) is 12.0 Å². The van der Waals surface area contributed by atoms with Gasteiger partial charge in [-0.15, -0.1) is 0 Å². The number of rotatable bonds is 2. The van der Waals surface area contributed by atoms with E-state index < -0.39 is 0 Å². The second-order valence-corrected chi connectivity index (χ2v) is 7.43. The van der Waals surface area contributed by atoms with Crippen molar-refractivity contribution in [1.29, 1.82) is 0 Å². The van der Waals surface area contributed by atoms with E-state index in [0.717, 1.165) is 30.1 Å². The Morgan fingerprint density at radius 2 is 2.09 bits per heavy atom. The minimum atomic E-state index is 0.0259. The number of anilines is 1. The van der Waals surface area contributed by atoms with Crippen molar-refractivity contribution >= 4 is 11.6 Å². The molecule has 0 spiro atoms. The molecule has 1 aromatic rings. The quantitative estimate of drug-likeness (QED) is 0.840. The molecule has 3 atom stereocenters. The van der Waals surface area contributed by atoms with Gasteiger partial charge in [-0.25, -0.2) is 0 Å². The Labute approximate surface area is 132 Å². The Bertz CT molecular complexity index is 661. The number of carbonyl (C=O) groups is 1. The lowest BCUT2D eigenvalue weighted by Gasteiger charge is -2.58. The average molecular weight is 296 g/mol. The van der Waals surface area contributed by atoms with Crippen molar-refractivity contribution in [2.45, 2.75) is 39.8 Å². The van der Waals surface area contributed by atoms with Gasteiger partial charge >= 0.3 is 0 Å². The molecule has 1 fully saturated rings. The first-order valence-corrected chi connectivity index (χ1v) is 8.40. The van der Waals surface area contributed by atoms with Gasteiger partial charge in [0.25, 0.3) is 5.91 Å². The van der Waals surface area contributed by atoms with Crippen molar-refractivity contribution in [2.24, 2.45) is 17.3 Å². The zero-order valence-corrected chi connectivity index (χ0v) is 13.6. The smallest absolute Gasteiger partial charge is 0.257 e. The van der Waals surface area contributed by atoms with Crippen LogP contribution in [0.3, 0.4) is 0 Å². The summed E-state index contributed by atoms with van der Waals surface area (Å²) in [6.45, 7) is 7.57. The van der Waals surface area contributed by atoms with E-state index in [1.54, 1.807) is 0 Å². The van der Waals surface area contributed by atoms with Crippen molar-refractivity contribution in [1.82, 2.24) is 4.90 Å². The van der Waals surface area contributed by atoms with Gasteiger partial charge in [0.05, 0.1) is 5.56 Å². The topological polar surface area (TPSA) is 32.3 Å². The number of amides is 1. The summed E-state index contributed by atoms with van der Waals surface area (Å²) < 4.78 is 0. The maximum atomic E-state index is 12.8. The minimum Gasteiger partial charge on any atom is -0.361 e. The Morgan fingerprint density at radius 1 is 1.32 bits per heavy atom. The highest BCUT2D eigenvalue weighted by atomic mass is 16.2. The molecule has 0 radical (unpaired) electrons. The highest BCUT2D eigenvalue weighted by molar-refractivity contribution is 6.02. The Balaban J connectivity index is 1.73. The summed E-state index contributed by atoms with van der Waals surface area (Å²) >= 11 is 0. The predicted octanol–water partition coefficient (Wildman–Crippen LogP) is 3.89. The Kier molecular flexibility index (Phi) is 2.91. The van der Waals surface area contributed by atoms with Gasteiger partial charge in [-0.2, -0.15) is 0 Å². The largest absolute Gasteiger partial charge is 0.361 e. The van der Waals surface area contributed by atoms with E-state index in [-0.39, 0.29) is 12.1 Å². The highest BCUT2D eigenvalue weighted by Gasteiger charge is 2.53. The molecule has 2 bridgehead atoms. The summed E-state index contributed by atoms with van der Waals surface area (Å²) in [5.74, 6) is 1.58. The summed E-state index contributed by atoms with van der Waals surface area (Å²) in [6.07, 6.45) is 4.86. The molecule has 1 aromatic carbocycles. The fourth-order valence-corrected chi connectivity index (χ4v) is 4.59. The van der Waals surface area contributed by atoms with Gasteiger partial charge < -0.3 is 10.2 Å². The maximum Gasteiger partial charge on any atom is 0.257 e. The maximum absolute atomic E-state index is 12.8. The molecule has 4 aliphatic rings. The van der Waals surface area contributed by atoms with Crippen molar-refractivity contribution in [3.8, 4) is 0 Å². The molecule has 3 nitrogen and oxygen atoms in total. The van der Waals surface area contributed by atoms with Crippen LogP contribution in [-0.2, 0) is 0 Å². The molecular weight excluding hydrogens is 272 g/mol. The molecule has 1 heterocycles. The molecule has 0 unspecified atom stereocenters. The Morgan fingerprint density at radius 3 is 2.77 bits per heavy atom. The van der Waals surface area contributed by atoms with Crippen LogP contribution in [-0.4, -0.2) is 23.5 Å². The summed E-state index contributed by atoms with van der Waals surface area (Å²) in [5.41, 5.74) is 3.58. The third-order valence-electron chi connectivity index (χ3n) is 6.19. The van der Waals surface area contributed by atoms with Crippen LogP contribution in [0.15, 0.2) is 35.9 Å². The number of likely N-dealkylation sites (N-methyl/N-ethyl adjacent to an activating group) is 1. The molecule has 116 valence electrons. The van der Waals surface area contributed by atoms with Crippen molar-refractivity contribution in [3.63, 3.8) is 0 Å². The first-order valence-electron chi connectivity index (χ1n) is 8.40. The SMILES string of the molecule is CCN1C(=O)c2ccccc2N[C@H]1C1=CC[C@H]2C[C@H]1C2(C)C. The first kappa shape index (κ1) is 13.9. The standard InChI is InChI=1S/C19H24N2O/c1-4-21-17(13-10-9-12-11-15(13)19(12,2)3)20-16-8-6-5-7-14(16)18(21)22/h5-8,10,12,15,17,20H,4,9,11H2,1-3H3/t12-,15+,17+/m0/s1. The summed E-state index contributed by atoms with van der Waals surface area (Å²) in [4.78, 5) is 14.8. The number of carbonyl (C=O) groups excluding carboxylic acids is 1. The van der Waals surface area contributed by atoms with Gasteiger partial charge in [0, 0.05) is 12.2 Å². The average Bonchev–Trinajstić information content (AvgIpc) is 2.54. The summed E-state index contributed by atoms with van der Waals surface area (Å²) in [5, 5.41) is 3.63. The fourth-order valence-electron chi connectivity index (χ4n) is 4.59. The molecule has 1 amide bonds.